The zero-order chi connectivity index (χ0) is 17.3. The van der Waals surface area contributed by atoms with Crippen LogP contribution in [0, 0.1) is 0 Å². The molecule has 1 rings (SSSR count). The Balaban J connectivity index is 0.00000529. The van der Waals surface area contributed by atoms with Crippen LogP contribution in [0.3, 0.4) is 0 Å². The summed E-state index contributed by atoms with van der Waals surface area (Å²) in [6.07, 6.45) is -2.89. The van der Waals surface area contributed by atoms with Crippen LogP contribution in [0.4, 0.5) is 19.0 Å². The molecule has 0 saturated heterocycles. The molecule has 138 valence electrons. The van der Waals surface area contributed by atoms with E-state index in [1.165, 1.54) is 6.07 Å². The molecule has 6 nitrogen and oxygen atoms in total. The highest BCUT2D eigenvalue weighted by Crippen LogP contribution is 2.28. The average molecular weight is 461 g/mol. The first-order chi connectivity index (χ1) is 10.8. The van der Waals surface area contributed by atoms with Gasteiger partial charge in [-0.15, -0.1) is 24.0 Å². The van der Waals surface area contributed by atoms with Crippen LogP contribution >= 0.6 is 24.0 Å². The van der Waals surface area contributed by atoms with Crippen LogP contribution in [0.5, 0.6) is 0 Å². The predicted molar refractivity (Wildman–Crippen MR) is 98.7 cm³/mol. The van der Waals surface area contributed by atoms with Crippen molar-refractivity contribution < 1.29 is 17.9 Å². The summed E-state index contributed by atoms with van der Waals surface area (Å²) in [4.78, 5) is 7.86. The Morgan fingerprint density at radius 2 is 2.12 bits per heavy atom. The minimum Gasteiger partial charge on any atom is -0.383 e. The molecule has 1 aromatic rings. The SMILES string of the molecule is COCC(C)NC(N)=NCCCNc1ccc(C(F)(F)F)cn1.I. The highest BCUT2D eigenvalue weighted by molar-refractivity contribution is 14.0. The van der Waals surface area contributed by atoms with E-state index in [0.29, 0.717) is 37.9 Å². The summed E-state index contributed by atoms with van der Waals surface area (Å²) in [6.45, 7) is 3.47. The normalized spacial score (nSPS) is 13.1. The molecule has 0 spiro atoms. The molecule has 10 heteroatoms. The molecule has 1 atom stereocenters. The summed E-state index contributed by atoms with van der Waals surface area (Å²) in [7, 11) is 1.60. The van der Waals surface area contributed by atoms with E-state index < -0.39 is 11.7 Å². The van der Waals surface area contributed by atoms with E-state index in [-0.39, 0.29) is 30.0 Å². The molecule has 0 fully saturated rings. The standard InChI is InChI=1S/C14H22F3N5O.HI/c1-10(9-23-2)22-13(18)20-7-3-6-19-12-5-4-11(8-21-12)14(15,16)17;/h4-5,8,10H,3,6-7,9H2,1-2H3,(H,19,21)(H3,18,20,22);1H. The van der Waals surface area contributed by atoms with Crippen molar-refractivity contribution in [2.45, 2.75) is 25.6 Å². The zero-order valence-corrected chi connectivity index (χ0v) is 15.9. The van der Waals surface area contributed by atoms with Crippen molar-refractivity contribution in [3.05, 3.63) is 23.9 Å². The number of ether oxygens (including phenoxy) is 1. The minimum atomic E-state index is -4.37. The fourth-order valence-electron chi connectivity index (χ4n) is 1.75. The maximum atomic E-state index is 12.4. The molecule has 4 N–H and O–H groups in total. The second kappa shape index (κ2) is 11.3. The summed E-state index contributed by atoms with van der Waals surface area (Å²) >= 11 is 0. The number of alkyl halides is 3. The topological polar surface area (TPSA) is 84.6 Å². The first kappa shape index (κ1) is 22.7. The van der Waals surface area contributed by atoms with Gasteiger partial charge in [-0.2, -0.15) is 13.2 Å². The monoisotopic (exact) mass is 461 g/mol. The molecule has 1 aromatic heterocycles. The Labute approximate surface area is 156 Å². The third-order valence-electron chi connectivity index (χ3n) is 2.82. The van der Waals surface area contributed by atoms with E-state index in [1.54, 1.807) is 7.11 Å². The van der Waals surface area contributed by atoms with Crippen molar-refractivity contribution in [2.75, 3.05) is 32.1 Å². The molecule has 0 aliphatic heterocycles. The molecule has 0 saturated carbocycles. The van der Waals surface area contributed by atoms with Gasteiger partial charge in [-0.1, -0.05) is 0 Å². The molecule has 1 heterocycles. The van der Waals surface area contributed by atoms with Crippen LogP contribution in [0.2, 0.25) is 0 Å². The second-order valence-electron chi connectivity index (χ2n) is 4.98. The number of pyridine rings is 1. The Hall–Kier alpha value is -1.30. The van der Waals surface area contributed by atoms with E-state index in [1.807, 2.05) is 6.92 Å². The van der Waals surface area contributed by atoms with Crippen molar-refractivity contribution in [3.63, 3.8) is 0 Å². The number of hydrogen-bond donors (Lipinski definition) is 3. The fourth-order valence-corrected chi connectivity index (χ4v) is 1.75. The second-order valence-corrected chi connectivity index (χ2v) is 4.98. The number of rotatable bonds is 8. The molecule has 0 amide bonds. The van der Waals surface area contributed by atoms with Gasteiger partial charge in [-0.25, -0.2) is 4.98 Å². The third-order valence-corrected chi connectivity index (χ3v) is 2.82. The van der Waals surface area contributed by atoms with Crippen molar-refractivity contribution in [1.29, 1.82) is 0 Å². The zero-order valence-electron chi connectivity index (χ0n) is 13.6. The van der Waals surface area contributed by atoms with Crippen LogP contribution in [0.1, 0.15) is 18.9 Å². The molecule has 0 aliphatic rings. The van der Waals surface area contributed by atoms with E-state index in [0.717, 1.165) is 12.3 Å². The number of aromatic nitrogens is 1. The highest BCUT2D eigenvalue weighted by Gasteiger charge is 2.30. The van der Waals surface area contributed by atoms with Crippen LogP contribution in [-0.4, -0.2) is 43.8 Å². The number of halogens is 4. The number of hydrogen-bond acceptors (Lipinski definition) is 4. The summed E-state index contributed by atoms with van der Waals surface area (Å²) in [5.41, 5.74) is 4.93. The van der Waals surface area contributed by atoms with Gasteiger partial charge in [0.2, 0.25) is 0 Å². The minimum absolute atomic E-state index is 0. The largest absolute Gasteiger partial charge is 0.417 e. The highest BCUT2D eigenvalue weighted by atomic mass is 127. The van der Waals surface area contributed by atoms with Gasteiger partial charge in [0.1, 0.15) is 5.82 Å². The van der Waals surface area contributed by atoms with Gasteiger partial charge in [0.15, 0.2) is 5.96 Å². The summed E-state index contributed by atoms with van der Waals surface area (Å²) < 4.78 is 42.1. The van der Waals surface area contributed by atoms with Gasteiger partial charge in [0.25, 0.3) is 0 Å². The van der Waals surface area contributed by atoms with Gasteiger partial charge in [-0.3, -0.25) is 4.99 Å². The van der Waals surface area contributed by atoms with Crippen LogP contribution < -0.4 is 16.4 Å². The van der Waals surface area contributed by atoms with E-state index >= 15 is 0 Å². The third kappa shape index (κ3) is 9.11. The molecular weight excluding hydrogens is 438 g/mol. The van der Waals surface area contributed by atoms with Gasteiger partial charge >= 0.3 is 6.18 Å². The molecule has 0 radical (unpaired) electrons. The lowest BCUT2D eigenvalue weighted by Crippen LogP contribution is -2.40. The summed E-state index contributed by atoms with van der Waals surface area (Å²) in [6, 6.07) is 2.36. The Morgan fingerprint density at radius 3 is 2.67 bits per heavy atom. The van der Waals surface area contributed by atoms with Crippen molar-refractivity contribution in [2.24, 2.45) is 10.7 Å². The van der Waals surface area contributed by atoms with Crippen LogP contribution in [-0.2, 0) is 10.9 Å². The van der Waals surface area contributed by atoms with E-state index in [4.69, 9.17) is 10.5 Å². The van der Waals surface area contributed by atoms with Gasteiger partial charge in [0, 0.05) is 32.4 Å². The molecular formula is C14H23F3IN5O. The number of nitrogens with zero attached hydrogens (tertiary/aromatic N) is 2. The van der Waals surface area contributed by atoms with Crippen molar-refractivity contribution in [3.8, 4) is 0 Å². The molecule has 0 aliphatic carbocycles. The summed E-state index contributed by atoms with van der Waals surface area (Å²) in [5, 5.41) is 5.90. The maximum Gasteiger partial charge on any atom is 0.417 e. The number of aliphatic imine (C=N–C) groups is 1. The van der Waals surface area contributed by atoms with Gasteiger partial charge < -0.3 is 21.1 Å². The van der Waals surface area contributed by atoms with Crippen LogP contribution in [0.15, 0.2) is 23.3 Å². The van der Waals surface area contributed by atoms with E-state index in [2.05, 4.69) is 20.6 Å². The van der Waals surface area contributed by atoms with Crippen LogP contribution in [0.25, 0.3) is 0 Å². The van der Waals surface area contributed by atoms with Gasteiger partial charge in [-0.05, 0) is 25.5 Å². The maximum absolute atomic E-state index is 12.4. The molecule has 1 unspecified atom stereocenters. The van der Waals surface area contributed by atoms with Gasteiger partial charge in [0.05, 0.1) is 12.2 Å². The smallest absolute Gasteiger partial charge is 0.383 e. The average Bonchev–Trinajstić information content (AvgIpc) is 2.46. The Bertz CT molecular complexity index is 496. The van der Waals surface area contributed by atoms with E-state index in [9.17, 15) is 13.2 Å². The Kier molecular flexibility index (Phi) is 10.7. The first-order valence-electron chi connectivity index (χ1n) is 7.15. The first-order valence-corrected chi connectivity index (χ1v) is 7.15. The molecule has 24 heavy (non-hydrogen) atoms. The number of guanidine groups is 1. The molecule has 0 aromatic carbocycles. The fraction of sp³-hybridized carbons (Fsp3) is 0.571. The Morgan fingerprint density at radius 1 is 1.42 bits per heavy atom. The number of anilines is 1. The molecule has 0 bridgehead atoms. The lowest BCUT2D eigenvalue weighted by atomic mass is 10.3. The summed E-state index contributed by atoms with van der Waals surface area (Å²) in [5.74, 6) is 0.726. The number of nitrogens with two attached hydrogens (primary N) is 1. The lowest BCUT2D eigenvalue weighted by molar-refractivity contribution is -0.137. The number of methoxy groups -OCH3 is 1. The number of nitrogens with one attached hydrogen (secondary N) is 2. The van der Waals surface area contributed by atoms with Crippen molar-refractivity contribution >= 4 is 35.8 Å². The lowest BCUT2D eigenvalue weighted by Gasteiger charge is -2.13. The quantitative estimate of drug-likeness (QED) is 0.240. The predicted octanol–water partition coefficient (Wildman–Crippen LogP) is 2.46. The van der Waals surface area contributed by atoms with Crippen molar-refractivity contribution in [1.82, 2.24) is 10.3 Å².